The third-order valence-electron chi connectivity index (χ3n) is 2.30. The zero-order valence-electron chi connectivity index (χ0n) is 11.4. The number of carbonyl (C=O) groups is 1. The van der Waals surface area contributed by atoms with Crippen LogP contribution < -0.4 is 5.32 Å². The maximum absolute atomic E-state index is 11.4. The van der Waals surface area contributed by atoms with Crippen LogP contribution in [0, 0.1) is 6.92 Å². The molecule has 100 valence electrons. The first-order chi connectivity index (χ1) is 8.28. The highest BCUT2D eigenvalue weighted by Gasteiger charge is 2.17. The van der Waals surface area contributed by atoms with Crippen LogP contribution in [0.4, 0.5) is 4.79 Å². The minimum atomic E-state index is -0.724. The second kappa shape index (κ2) is 5.87. The third kappa shape index (κ3) is 5.19. The monoisotopic (exact) mass is 251 g/mol. The van der Waals surface area contributed by atoms with Crippen molar-refractivity contribution in [1.29, 1.82) is 0 Å². The quantitative estimate of drug-likeness (QED) is 0.868. The van der Waals surface area contributed by atoms with Crippen LogP contribution >= 0.6 is 0 Å². The number of amides is 1. The topological polar surface area (TPSA) is 58.6 Å². The SMILES string of the molecule is Cc1ccc([C@@H](O)CNC(=O)OC(C)(C)C)cc1. The normalized spacial score (nSPS) is 12.9. The summed E-state index contributed by atoms with van der Waals surface area (Å²) in [5, 5.41) is 12.4. The van der Waals surface area contributed by atoms with Crippen molar-refractivity contribution in [3.63, 3.8) is 0 Å². The van der Waals surface area contributed by atoms with Crippen LogP contribution in [-0.2, 0) is 4.74 Å². The van der Waals surface area contributed by atoms with E-state index in [1.807, 2.05) is 31.2 Å². The summed E-state index contributed by atoms with van der Waals surface area (Å²) in [5.41, 5.74) is 1.38. The molecule has 4 heteroatoms. The maximum Gasteiger partial charge on any atom is 0.407 e. The Morgan fingerprint density at radius 1 is 1.33 bits per heavy atom. The Morgan fingerprint density at radius 2 is 1.89 bits per heavy atom. The van der Waals surface area contributed by atoms with Crippen molar-refractivity contribution in [3.05, 3.63) is 35.4 Å². The first kappa shape index (κ1) is 14.5. The number of ether oxygens (including phenoxy) is 1. The average molecular weight is 251 g/mol. The first-order valence-corrected chi connectivity index (χ1v) is 5.99. The maximum atomic E-state index is 11.4. The lowest BCUT2D eigenvalue weighted by Gasteiger charge is -2.20. The van der Waals surface area contributed by atoms with E-state index < -0.39 is 17.8 Å². The third-order valence-corrected chi connectivity index (χ3v) is 2.30. The van der Waals surface area contributed by atoms with Crippen LogP contribution in [0.2, 0.25) is 0 Å². The summed E-state index contributed by atoms with van der Waals surface area (Å²) >= 11 is 0. The van der Waals surface area contributed by atoms with Crippen molar-refractivity contribution in [2.24, 2.45) is 0 Å². The minimum absolute atomic E-state index is 0.137. The molecule has 0 aliphatic carbocycles. The van der Waals surface area contributed by atoms with Gasteiger partial charge in [0.05, 0.1) is 12.6 Å². The summed E-state index contributed by atoms with van der Waals surface area (Å²) in [7, 11) is 0. The summed E-state index contributed by atoms with van der Waals surface area (Å²) < 4.78 is 5.08. The van der Waals surface area contributed by atoms with Gasteiger partial charge in [0.1, 0.15) is 5.60 Å². The summed E-state index contributed by atoms with van der Waals surface area (Å²) in [6, 6.07) is 7.53. The van der Waals surface area contributed by atoms with Gasteiger partial charge in [0, 0.05) is 0 Å². The van der Waals surface area contributed by atoms with E-state index in [2.05, 4.69) is 5.32 Å². The van der Waals surface area contributed by atoms with Gasteiger partial charge in [0.15, 0.2) is 0 Å². The second-order valence-corrected chi connectivity index (χ2v) is 5.31. The molecule has 0 aliphatic rings. The molecule has 1 aromatic rings. The van der Waals surface area contributed by atoms with Gasteiger partial charge in [-0.3, -0.25) is 0 Å². The number of nitrogens with one attached hydrogen (secondary N) is 1. The van der Waals surface area contributed by atoms with E-state index in [1.165, 1.54) is 0 Å². The number of aliphatic hydroxyl groups is 1. The molecule has 0 bridgehead atoms. The van der Waals surface area contributed by atoms with Crippen LogP contribution in [0.25, 0.3) is 0 Å². The summed E-state index contributed by atoms with van der Waals surface area (Å²) in [5.74, 6) is 0. The Labute approximate surface area is 108 Å². The van der Waals surface area contributed by atoms with Gasteiger partial charge in [-0.25, -0.2) is 4.79 Å². The predicted octanol–water partition coefficient (Wildman–Crippen LogP) is 2.55. The molecule has 0 saturated heterocycles. The minimum Gasteiger partial charge on any atom is -0.444 e. The molecule has 1 amide bonds. The number of aliphatic hydroxyl groups excluding tert-OH is 1. The molecule has 18 heavy (non-hydrogen) atoms. The lowest BCUT2D eigenvalue weighted by molar-refractivity contribution is 0.0492. The molecule has 1 atom stereocenters. The van der Waals surface area contributed by atoms with Gasteiger partial charge in [0.25, 0.3) is 0 Å². The molecular formula is C14H21NO3. The number of carbonyl (C=O) groups excluding carboxylic acids is 1. The lowest BCUT2D eigenvalue weighted by Crippen LogP contribution is -2.34. The fourth-order valence-electron chi connectivity index (χ4n) is 1.40. The van der Waals surface area contributed by atoms with Crippen molar-refractivity contribution < 1.29 is 14.6 Å². The number of hydrogen-bond donors (Lipinski definition) is 2. The summed E-state index contributed by atoms with van der Waals surface area (Å²) in [4.78, 5) is 11.4. The van der Waals surface area contributed by atoms with E-state index in [-0.39, 0.29) is 6.54 Å². The van der Waals surface area contributed by atoms with Crippen LogP contribution in [0.3, 0.4) is 0 Å². The smallest absolute Gasteiger partial charge is 0.407 e. The molecular weight excluding hydrogens is 230 g/mol. The second-order valence-electron chi connectivity index (χ2n) is 5.31. The van der Waals surface area contributed by atoms with Gasteiger partial charge < -0.3 is 15.2 Å². The molecule has 2 N–H and O–H groups in total. The zero-order chi connectivity index (χ0) is 13.8. The van der Waals surface area contributed by atoms with Crippen molar-refractivity contribution in [2.45, 2.75) is 39.4 Å². The molecule has 0 radical (unpaired) electrons. The number of aryl methyl sites for hydroxylation is 1. The lowest BCUT2D eigenvalue weighted by atomic mass is 10.1. The molecule has 1 rings (SSSR count). The average Bonchev–Trinajstić information content (AvgIpc) is 2.24. The molecule has 0 aliphatic heterocycles. The Kier molecular flexibility index (Phi) is 4.73. The van der Waals surface area contributed by atoms with Crippen molar-refractivity contribution in [2.75, 3.05) is 6.54 Å². The predicted molar refractivity (Wildman–Crippen MR) is 70.4 cm³/mol. The van der Waals surface area contributed by atoms with E-state index in [0.29, 0.717) is 0 Å². The van der Waals surface area contributed by atoms with Gasteiger partial charge in [0.2, 0.25) is 0 Å². The molecule has 0 aromatic heterocycles. The Bertz CT molecular complexity index is 392. The molecule has 0 heterocycles. The standard InChI is InChI=1S/C14H21NO3/c1-10-5-7-11(8-6-10)12(16)9-15-13(17)18-14(2,3)4/h5-8,12,16H,9H2,1-4H3,(H,15,17)/t12-/m0/s1. The molecule has 0 unspecified atom stereocenters. The highest BCUT2D eigenvalue weighted by molar-refractivity contribution is 5.67. The number of rotatable bonds is 3. The van der Waals surface area contributed by atoms with E-state index in [0.717, 1.165) is 11.1 Å². The van der Waals surface area contributed by atoms with Crippen molar-refractivity contribution in [3.8, 4) is 0 Å². The van der Waals surface area contributed by atoms with E-state index in [4.69, 9.17) is 4.74 Å². The Hall–Kier alpha value is -1.55. The highest BCUT2D eigenvalue weighted by Crippen LogP contribution is 2.13. The van der Waals surface area contributed by atoms with Gasteiger partial charge in [-0.2, -0.15) is 0 Å². The van der Waals surface area contributed by atoms with E-state index >= 15 is 0 Å². The summed E-state index contributed by atoms with van der Waals surface area (Å²) in [6.07, 6.45) is -1.24. The van der Waals surface area contributed by atoms with Crippen molar-refractivity contribution in [1.82, 2.24) is 5.32 Å². The first-order valence-electron chi connectivity index (χ1n) is 5.99. The fraction of sp³-hybridized carbons (Fsp3) is 0.500. The van der Waals surface area contributed by atoms with E-state index in [9.17, 15) is 9.90 Å². The number of hydrogen-bond acceptors (Lipinski definition) is 3. The Balaban J connectivity index is 2.44. The largest absolute Gasteiger partial charge is 0.444 e. The van der Waals surface area contributed by atoms with Crippen molar-refractivity contribution >= 4 is 6.09 Å². The Morgan fingerprint density at radius 3 is 2.39 bits per heavy atom. The van der Waals surface area contributed by atoms with Crippen LogP contribution in [0.5, 0.6) is 0 Å². The number of alkyl carbamates (subject to hydrolysis) is 1. The molecule has 1 aromatic carbocycles. The highest BCUT2D eigenvalue weighted by atomic mass is 16.6. The number of benzene rings is 1. The van der Waals surface area contributed by atoms with Crippen LogP contribution in [0.1, 0.15) is 38.0 Å². The van der Waals surface area contributed by atoms with Crippen LogP contribution in [-0.4, -0.2) is 23.3 Å². The molecule has 0 spiro atoms. The zero-order valence-corrected chi connectivity index (χ0v) is 11.4. The van der Waals surface area contributed by atoms with Gasteiger partial charge >= 0.3 is 6.09 Å². The summed E-state index contributed by atoms with van der Waals surface area (Å²) in [6.45, 7) is 7.50. The molecule has 0 fully saturated rings. The van der Waals surface area contributed by atoms with Crippen LogP contribution in [0.15, 0.2) is 24.3 Å². The van der Waals surface area contributed by atoms with Gasteiger partial charge in [-0.1, -0.05) is 29.8 Å². The van der Waals surface area contributed by atoms with Gasteiger partial charge in [-0.05, 0) is 33.3 Å². The van der Waals surface area contributed by atoms with Gasteiger partial charge in [-0.15, -0.1) is 0 Å². The van der Waals surface area contributed by atoms with E-state index in [1.54, 1.807) is 20.8 Å². The molecule has 4 nitrogen and oxygen atoms in total. The fourth-order valence-corrected chi connectivity index (χ4v) is 1.40. The molecule has 0 saturated carbocycles.